The molecule has 2 fully saturated rings. The number of amides is 1. The van der Waals surface area contributed by atoms with Crippen LogP contribution in [0.4, 0.5) is 4.79 Å². The van der Waals surface area contributed by atoms with Crippen molar-refractivity contribution >= 4 is 11.9 Å². The van der Waals surface area contributed by atoms with Crippen LogP contribution in [0, 0.1) is 5.92 Å². The molecule has 0 aromatic rings. The van der Waals surface area contributed by atoms with Crippen molar-refractivity contribution in [2.45, 2.75) is 71.1 Å². The summed E-state index contributed by atoms with van der Waals surface area (Å²) in [5, 5.41) is 0. The van der Waals surface area contributed by atoms with Gasteiger partial charge < -0.3 is 9.64 Å². The first-order valence-corrected chi connectivity index (χ1v) is 7.49. The number of hydrogen-bond acceptors (Lipinski definition) is 3. The van der Waals surface area contributed by atoms with E-state index in [4.69, 9.17) is 4.74 Å². The predicted octanol–water partition coefficient (Wildman–Crippen LogP) is 3.31. The first-order chi connectivity index (χ1) is 9.31. The van der Waals surface area contributed by atoms with Crippen molar-refractivity contribution in [1.29, 1.82) is 0 Å². The molecule has 2 rings (SSSR count). The molecule has 1 amide bonds. The van der Waals surface area contributed by atoms with Crippen LogP contribution in [0.25, 0.3) is 0 Å². The van der Waals surface area contributed by atoms with Gasteiger partial charge in [-0.15, -0.1) is 0 Å². The van der Waals surface area contributed by atoms with Crippen LogP contribution in [0.1, 0.15) is 53.4 Å². The molecule has 2 bridgehead atoms. The van der Waals surface area contributed by atoms with Gasteiger partial charge in [-0.1, -0.05) is 6.08 Å². The third-order valence-electron chi connectivity index (χ3n) is 4.07. The summed E-state index contributed by atoms with van der Waals surface area (Å²) in [4.78, 5) is 26.2. The maximum absolute atomic E-state index is 12.3. The third kappa shape index (κ3) is 3.22. The summed E-state index contributed by atoms with van der Waals surface area (Å²) in [7, 11) is 0. The average molecular weight is 279 g/mol. The number of rotatable bonds is 2. The maximum atomic E-state index is 12.3. The highest BCUT2D eigenvalue weighted by atomic mass is 16.6. The van der Waals surface area contributed by atoms with E-state index in [1.807, 2.05) is 32.6 Å². The van der Waals surface area contributed by atoms with Crippen molar-refractivity contribution in [3.8, 4) is 0 Å². The van der Waals surface area contributed by atoms with Gasteiger partial charge in [0.05, 0.1) is 0 Å². The Morgan fingerprint density at radius 2 is 1.70 bits per heavy atom. The largest absolute Gasteiger partial charge is 0.444 e. The van der Waals surface area contributed by atoms with Crippen LogP contribution in [0.2, 0.25) is 0 Å². The Hall–Kier alpha value is -1.32. The Morgan fingerprint density at radius 3 is 2.15 bits per heavy atom. The molecule has 2 aliphatic heterocycles. The summed E-state index contributed by atoms with van der Waals surface area (Å²) in [5.41, 5.74) is -0.464. The van der Waals surface area contributed by atoms with Gasteiger partial charge in [-0.2, -0.15) is 0 Å². The number of carbonyl (C=O) groups excluding carboxylic acids is 2. The molecule has 2 unspecified atom stereocenters. The highest BCUT2D eigenvalue weighted by Gasteiger charge is 2.45. The molecule has 0 saturated carbocycles. The number of fused-ring (bicyclic) bond motifs is 2. The van der Waals surface area contributed by atoms with Crippen LogP contribution in [0.15, 0.2) is 12.2 Å². The second-order valence-corrected chi connectivity index (χ2v) is 6.84. The van der Waals surface area contributed by atoms with E-state index in [0.29, 0.717) is 0 Å². The zero-order valence-corrected chi connectivity index (χ0v) is 12.9. The van der Waals surface area contributed by atoms with E-state index in [-0.39, 0.29) is 29.9 Å². The lowest BCUT2D eigenvalue weighted by Crippen LogP contribution is -2.49. The van der Waals surface area contributed by atoms with E-state index in [1.54, 1.807) is 12.2 Å². The SMILES string of the molecule is C/C=C\C(=O)C1CC2CCC(C1)N2C(=O)OC(C)(C)C. The van der Waals surface area contributed by atoms with Crippen molar-refractivity contribution < 1.29 is 14.3 Å². The van der Waals surface area contributed by atoms with E-state index in [0.717, 1.165) is 25.7 Å². The molecule has 0 spiro atoms. The highest BCUT2D eigenvalue weighted by Crippen LogP contribution is 2.39. The summed E-state index contributed by atoms with van der Waals surface area (Å²) < 4.78 is 5.49. The highest BCUT2D eigenvalue weighted by molar-refractivity contribution is 5.92. The van der Waals surface area contributed by atoms with Gasteiger partial charge in [0.1, 0.15) is 5.60 Å². The van der Waals surface area contributed by atoms with Gasteiger partial charge in [0.25, 0.3) is 0 Å². The van der Waals surface area contributed by atoms with Crippen LogP contribution in [-0.2, 0) is 9.53 Å². The van der Waals surface area contributed by atoms with Crippen LogP contribution < -0.4 is 0 Å². The molecule has 0 N–H and O–H groups in total. The number of allylic oxidation sites excluding steroid dienone is 2. The molecule has 0 aliphatic carbocycles. The molecule has 0 aromatic heterocycles. The van der Waals surface area contributed by atoms with Crippen LogP contribution in [-0.4, -0.2) is 34.5 Å². The normalized spacial score (nSPS) is 29.8. The van der Waals surface area contributed by atoms with Crippen molar-refractivity contribution in [1.82, 2.24) is 4.90 Å². The first kappa shape index (κ1) is 15.1. The lowest BCUT2D eigenvalue weighted by Gasteiger charge is -2.38. The van der Waals surface area contributed by atoms with Gasteiger partial charge in [0.15, 0.2) is 5.78 Å². The summed E-state index contributed by atoms with van der Waals surface area (Å²) in [6.07, 6.45) is 6.77. The minimum atomic E-state index is -0.464. The minimum Gasteiger partial charge on any atom is -0.444 e. The van der Waals surface area contributed by atoms with E-state index in [2.05, 4.69) is 0 Å². The third-order valence-corrected chi connectivity index (χ3v) is 4.07. The smallest absolute Gasteiger partial charge is 0.410 e. The number of ether oxygens (including phenoxy) is 1. The van der Waals surface area contributed by atoms with E-state index >= 15 is 0 Å². The van der Waals surface area contributed by atoms with Gasteiger partial charge in [-0.05, 0) is 59.5 Å². The van der Waals surface area contributed by atoms with Crippen molar-refractivity contribution in [2.75, 3.05) is 0 Å². The number of ketones is 1. The molecule has 2 heterocycles. The zero-order valence-electron chi connectivity index (χ0n) is 12.9. The Morgan fingerprint density at radius 1 is 1.15 bits per heavy atom. The number of carbonyl (C=O) groups is 2. The first-order valence-electron chi connectivity index (χ1n) is 7.49. The molecule has 4 heteroatoms. The second-order valence-electron chi connectivity index (χ2n) is 6.84. The van der Waals surface area contributed by atoms with Gasteiger partial charge in [0, 0.05) is 18.0 Å². The summed E-state index contributed by atoms with van der Waals surface area (Å²) in [6.45, 7) is 7.52. The van der Waals surface area contributed by atoms with Crippen molar-refractivity contribution in [3.05, 3.63) is 12.2 Å². The van der Waals surface area contributed by atoms with Crippen LogP contribution >= 0.6 is 0 Å². The van der Waals surface area contributed by atoms with Gasteiger partial charge in [-0.25, -0.2) is 4.79 Å². The monoisotopic (exact) mass is 279 g/mol. The summed E-state index contributed by atoms with van der Waals surface area (Å²) >= 11 is 0. The Kier molecular flexibility index (Phi) is 4.21. The standard InChI is InChI=1S/C16H25NO3/c1-5-6-14(18)11-9-12-7-8-13(10-11)17(12)15(19)20-16(2,3)4/h5-6,11-13H,7-10H2,1-4H3/b6-5-. The Balaban J connectivity index is 2.03. The van der Waals surface area contributed by atoms with Crippen molar-refractivity contribution in [3.63, 3.8) is 0 Å². The Labute approximate surface area is 121 Å². The fraction of sp³-hybridized carbons (Fsp3) is 0.750. The van der Waals surface area contributed by atoms with E-state index < -0.39 is 5.60 Å². The van der Waals surface area contributed by atoms with Crippen molar-refractivity contribution in [2.24, 2.45) is 5.92 Å². The topological polar surface area (TPSA) is 46.6 Å². The molecule has 20 heavy (non-hydrogen) atoms. The van der Waals surface area contributed by atoms with Crippen LogP contribution in [0.3, 0.4) is 0 Å². The maximum Gasteiger partial charge on any atom is 0.410 e. The summed E-state index contributed by atoms with van der Waals surface area (Å²) in [5.74, 6) is 0.274. The summed E-state index contributed by atoms with van der Waals surface area (Å²) in [6, 6.07) is 0.339. The lowest BCUT2D eigenvalue weighted by molar-refractivity contribution is -0.120. The number of piperidine rings is 1. The lowest BCUT2D eigenvalue weighted by atomic mass is 9.87. The van der Waals surface area contributed by atoms with Crippen LogP contribution in [0.5, 0.6) is 0 Å². The number of nitrogens with zero attached hydrogens (tertiary/aromatic N) is 1. The molecule has 0 aromatic carbocycles. The molecular formula is C16H25NO3. The van der Waals surface area contributed by atoms with Gasteiger partial charge in [-0.3, -0.25) is 4.79 Å². The van der Waals surface area contributed by atoms with E-state index in [9.17, 15) is 9.59 Å². The van der Waals surface area contributed by atoms with Gasteiger partial charge in [0.2, 0.25) is 0 Å². The molecule has 2 saturated heterocycles. The van der Waals surface area contributed by atoms with E-state index in [1.165, 1.54) is 0 Å². The number of hydrogen-bond donors (Lipinski definition) is 0. The van der Waals surface area contributed by atoms with Gasteiger partial charge >= 0.3 is 6.09 Å². The molecular weight excluding hydrogens is 254 g/mol. The molecule has 112 valence electrons. The fourth-order valence-electron chi connectivity index (χ4n) is 3.32. The fourth-order valence-corrected chi connectivity index (χ4v) is 3.32. The molecule has 4 nitrogen and oxygen atoms in total. The average Bonchev–Trinajstić information content (AvgIpc) is 2.58. The zero-order chi connectivity index (χ0) is 14.9. The predicted molar refractivity (Wildman–Crippen MR) is 77.4 cm³/mol. The quantitative estimate of drug-likeness (QED) is 0.729. The molecule has 0 radical (unpaired) electrons. The molecule has 2 atom stereocenters. The Bertz CT molecular complexity index is 408. The second kappa shape index (κ2) is 5.58. The minimum absolute atomic E-state index is 0.0717. The molecule has 2 aliphatic rings.